The maximum atomic E-state index is 13.5. The molecule has 0 aliphatic carbocycles. The van der Waals surface area contributed by atoms with Gasteiger partial charge in [-0.25, -0.2) is 18.6 Å². The van der Waals surface area contributed by atoms with Crippen molar-refractivity contribution in [1.29, 1.82) is 0 Å². The van der Waals surface area contributed by atoms with Gasteiger partial charge in [0.05, 0.1) is 28.8 Å². The van der Waals surface area contributed by atoms with Gasteiger partial charge < -0.3 is 20.2 Å². The topological polar surface area (TPSA) is 115 Å². The van der Waals surface area contributed by atoms with Gasteiger partial charge in [0.1, 0.15) is 16.4 Å². The summed E-state index contributed by atoms with van der Waals surface area (Å²) in [5.41, 5.74) is -2.02. The van der Waals surface area contributed by atoms with E-state index in [4.69, 9.17) is 38.5 Å². The highest BCUT2D eigenvalue weighted by molar-refractivity contribution is 7.86. The van der Waals surface area contributed by atoms with E-state index >= 15 is 0 Å². The zero-order chi connectivity index (χ0) is 27.3. The second kappa shape index (κ2) is 9.85. The number of aromatic nitrogens is 2. The summed E-state index contributed by atoms with van der Waals surface area (Å²) in [5, 5.41) is 6.13. The molecule has 1 fully saturated rings. The molecule has 1 aromatic carbocycles. The van der Waals surface area contributed by atoms with Gasteiger partial charge in [-0.15, -0.1) is 0 Å². The summed E-state index contributed by atoms with van der Waals surface area (Å²) in [6.45, 7) is 0.234. The maximum Gasteiger partial charge on any atom is 0.476 e. The molecule has 202 valence electrons. The van der Waals surface area contributed by atoms with Gasteiger partial charge in [-0.05, 0) is 12.1 Å². The smallest absolute Gasteiger partial charge is 0.383 e. The number of amidine groups is 1. The van der Waals surface area contributed by atoms with E-state index in [1.165, 1.54) is 4.90 Å². The maximum absolute atomic E-state index is 13.5. The first-order valence-electron chi connectivity index (χ1n) is 10.00. The third-order valence-corrected chi connectivity index (χ3v) is 6.92. The zero-order valence-corrected chi connectivity index (χ0v) is 20.4. The van der Waals surface area contributed by atoms with Crippen LogP contribution in [0.5, 0.6) is 0 Å². The Morgan fingerprint density at radius 3 is 2.22 bits per heavy atom. The summed E-state index contributed by atoms with van der Waals surface area (Å²) >= 11 is 12.0. The van der Waals surface area contributed by atoms with E-state index in [1.54, 1.807) is 0 Å². The molecule has 10 nitrogen and oxygen atoms in total. The van der Waals surface area contributed by atoms with Crippen LogP contribution in [0.2, 0.25) is 10.0 Å². The predicted molar refractivity (Wildman–Crippen MR) is 118 cm³/mol. The van der Waals surface area contributed by atoms with Crippen LogP contribution < -0.4 is 5.73 Å². The Morgan fingerprint density at radius 2 is 1.68 bits per heavy atom. The minimum Gasteiger partial charge on any atom is -0.383 e. The van der Waals surface area contributed by atoms with Crippen molar-refractivity contribution in [3.63, 3.8) is 0 Å². The number of ether oxygens (including phenoxy) is 1. The van der Waals surface area contributed by atoms with E-state index in [9.17, 15) is 35.3 Å². The molecule has 37 heavy (non-hydrogen) atoms. The molecule has 19 heteroatoms. The molecule has 0 spiro atoms. The number of nitrogens with two attached hydrogens (primary N) is 1. The number of morpholine rings is 1. The van der Waals surface area contributed by atoms with Crippen LogP contribution in [0.25, 0.3) is 5.69 Å². The lowest BCUT2D eigenvalue weighted by Gasteiger charge is -2.30. The van der Waals surface area contributed by atoms with E-state index in [1.807, 2.05) is 0 Å². The summed E-state index contributed by atoms with van der Waals surface area (Å²) in [6.07, 6.45) is -4.84. The normalized spacial score (nSPS) is 17.6. The highest BCUT2D eigenvalue weighted by Gasteiger charge is 2.45. The molecule has 2 amide bonds. The lowest BCUT2D eigenvalue weighted by Crippen LogP contribution is -2.49. The third-order valence-electron chi connectivity index (χ3n) is 5.15. The first-order valence-corrected chi connectivity index (χ1v) is 11.9. The largest absolute Gasteiger partial charge is 0.476 e. The molecule has 2 aliphatic heterocycles. The lowest BCUT2D eigenvalue weighted by atomic mass is 10.2. The van der Waals surface area contributed by atoms with Crippen LogP contribution in [0.3, 0.4) is 0 Å². The summed E-state index contributed by atoms with van der Waals surface area (Å²) in [7, 11) is -3.82. The quantitative estimate of drug-likeness (QED) is 0.540. The summed E-state index contributed by atoms with van der Waals surface area (Å²) < 4.78 is 98.1. The molecule has 0 bridgehead atoms. The van der Waals surface area contributed by atoms with Gasteiger partial charge in [0, 0.05) is 13.1 Å². The van der Waals surface area contributed by atoms with Crippen LogP contribution in [-0.4, -0.2) is 74.2 Å². The van der Waals surface area contributed by atoms with E-state index in [2.05, 4.69) is 10.3 Å². The fourth-order valence-corrected chi connectivity index (χ4v) is 4.93. The van der Waals surface area contributed by atoms with Gasteiger partial charge in [-0.2, -0.15) is 31.4 Å². The number of nitrogens with zero attached hydrogens (tertiary/aromatic N) is 5. The van der Waals surface area contributed by atoms with Crippen molar-refractivity contribution in [1.82, 2.24) is 19.6 Å². The molecule has 2 aliphatic rings. The fourth-order valence-electron chi connectivity index (χ4n) is 3.46. The van der Waals surface area contributed by atoms with Crippen molar-refractivity contribution in [2.24, 2.45) is 5.16 Å². The molecule has 4 rings (SSSR count). The number of halogens is 8. The number of nitrogen functional groups attached to an aromatic ring is 1. The van der Waals surface area contributed by atoms with E-state index in [0.29, 0.717) is 16.8 Å². The average Bonchev–Trinajstić information content (AvgIpc) is 3.42. The van der Waals surface area contributed by atoms with E-state index < -0.39 is 78.8 Å². The number of urea groups is 1. The molecular formula is C18H14Cl2F6N6O4S. The Hall–Kier alpha value is -2.76. The number of oxime groups is 1. The number of carbonyl (C=O) groups excluding carboxylic acids is 1. The second-order valence-corrected chi connectivity index (χ2v) is 9.68. The van der Waals surface area contributed by atoms with Crippen LogP contribution in [0, 0.1) is 0 Å². The summed E-state index contributed by atoms with van der Waals surface area (Å²) in [4.78, 5) is 18.9. The van der Waals surface area contributed by atoms with E-state index in [-0.39, 0.29) is 26.3 Å². The minimum absolute atomic E-state index is 0.164. The van der Waals surface area contributed by atoms with Crippen molar-refractivity contribution >= 4 is 51.7 Å². The first kappa shape index (κ1) is 27.3. The lowest BCUT2D eigenvalue weighted by molar-refractivity contribution is -0.137. The molecule has 3 heterocycles. The molecule has 2 aromatic rings. The van der Waals surface area contributed by atoms with Gasteiger partial charge in [-0.3, -0.25) is 0 Å². The average molecular weight is 595 g/mol. The van der Waals surface area contributed by atoms with Crippen LogP contribution in [-0.2, 0) is 26.6 Å². The Kier molecular flexibility index (Phi) is 7.26. The molecule has 2 N–H and O–H groups in total. The standard InChI is InChI=1S/C18H14Cl2F6N6O4S/c19-9-5-8(17(21,22)23)6-10(20)12(9)32-14(27)13(37(34)18(24,25)26)11(28-32)15-29-36-7-31(15)16(33)30-1-3-35-4-2-30/h5-6H,1-4,7,27H2. The zero-order valence-electron chi connectivity index (χ0n) is 18.1. The van der Waals surface area contributed by atoms with Crippen molar-refractivity contribution in [3.05, 3.63) is 33.4 Å². The van der Waals surface area contributed by atoms with Gasteiger partial charge >= 0.3 is 17.7 Å². The second-order valence-electron chi connectivity index (χ2n) is 7.46. The van der Waals surface area contributed by atoms with Crippen LogP contribution in [0.1, 0.15) is 11.3 Å². The Balaban J connectivity index is 1.86. The van der Waals surface area contributed by atoms with Gasteiger partial charge in [0.25, 0.3) is 0 Å². The Morgan fingerprint density at radius 1 is 1.08 bits per heavy atom. The molecule has 0 saturated carbocycles. The number of rotatable bonds is 3. The van der Waals surface area contributed by atoms with Crippen molar-refractivity contribution in [2.45, 2.75) is 16.6 Å². The number of carbonyl (C=O) groups is 1. The van der Waals surface area contributed by atoms with Gasteiger partial charge in [0.15, 0.2) is 23.2 Å². The monoisotopic (exact) mass is 594 g/mol. The Bertz CT molecular complexity index is 1270. The number of benzene rings is 1. The first-order chi connectivity index (χ1) is 17.2. The van der Waals surface area contributed by atoms with Crippen LogP contribution in [0.4, 0.5) is 37.0 Å². The number of anilines is 1. The molecular weight excluding hydrogens is 581 g/mol. The fraction of sp³-hybridized carbons (Fsp3) is 0.389. The highest BCUT2D eigenvalue weighted by atomic mass is 35.5. The van der Waals surface area contributed by atoms with E-state index in [0.717, 1.165) is 4.90 Å². The number of hydrogen-bond acceptors (Lipinski definition) is 7. The van der Waals surface area contributed by atoms with Crippen LogP contribution in [0.15, 0.2) is 22.2 Å². The van der Waals surface area contributed by atoms with Crippen LogP contribution >= 0.6 is 23.2 Å². The molecule has 1 unspecified atom stereocenters. The minimum atomic E-state index is -5.34. The number of amides is 2. The molecule has 1 saturated heterocycles. The molecule has 1 atom stereocenters. The highest BCUT2D eigenvalue weighted by Crippen LogP contribution is 2.41. The van der Waals surface area contributed by atoms with Crippen molar-refractivity contribution in [2.75, 3.05) is 38.8 Å². The SMILES string of the molecule is Nc1c(S(=O)C(F)(F)F)c(C2=NOCN2C(=O)N2CCOCC2)nn1-c1c(Cl)cc(C(F)(F)F)cc1Cl. The van der Waals surface area contributed by atoms with Gasteiger partial charge in [-0.1, -0.05) is 28.4 Å². The summed E-state index contributed by atoms with van der Waals surface area (Å²) in [6, 6.07) is 0.213. The predicted octanol–water partition coefficient (Wildman–Crippen LogP) is 3.81. The Labute approximate surface area is 215 Å². The molecule has 1 aromatic heterocycles. The number of hydrogen-bond donors (Lipinski definition) is 1. The third kappa shape index (κ3) is 5.17. The number of alkyl halides is 6. The summed E-state index contributed by atoms with van der Waals surface area (Å²) in [5.74, 6) is -1.48. The molecule has 0 radical (unpaired) electrons. The van der Waals surface area contributed by atoms with Crippen molar-refractivity contribution < 1.29 is 44.9 Å². The van der Waals surface area contributed by atoms with Crippen molar-refractivity contribution in [3.8, 4) is 5.69 Å². The van der Waals surface area contributed by atoms with Gasteiger partial charge in [0.2, 0.25) is 5.84 Å².